The maximum absolute atomic E-state index is 6.23. The molecule has 0 radical (unpaired) electrons. The third-order valence-corrected chi connectivity index (χ3v) is 5.63. The van der Waals surface area contributed by atoms with Crippen LogP contribution in [0, 0.1) is 0 Å². The summed E-state index contributed by atoms with van der Waals surface area (Å²) in [5, 5.41) is 17.4. The van der Waals surface area contributed by atoms with Gasteiger partial charge in [0.2, 0.25) is 0 Å². The van der Waals surface area contributed by atoms with E-state index in [-0.39, 0.29) is 0 Å². The van der Waals surface area contributed by atoms with E-state index in [1.807, 2.05) is 114 Å². The third kappa shape index (κ3) is 3.69. The van der Waals surface area contributed by atoms with Crippen LogP contribution in [0.5, 0.6) is 5.75 Å². The Balaban J connectivity index is 1.29. The van der Waals surface area contributed by atoms with E-state index in [4.69, 9.17) is 4.74 Å². The molecule has 0 aliphatic rings. The molecular formula is C27H20N6O. The summed E-state index contributed by atoms with van der Waals surface area (Å²) in [6, 6.07) is 33.8. The summed E-state index contributed by atoms with van der Waals surface area (Å²) in [6.07, 6.45) is 1.93. The van der Waals surface area contributed by atoms with E-state index in [2.05, 4.69) is 20.6 Å². The fraction of sp³-hybridized carbons (Fsp3) is 0.0370. The minimum absolute atomic E-state index is 0.355. The first-order valence-corrected chi connectivity index (χ1v) is 11.0. The molecule has 7 heteroatoms. The summed E-state index contributed by atoms with van der Waals surface area (Å²) in [6.45, 7) is 0.355. The van der Waals surface area contributed by atoms with Gasteiger partial charge in [0.1, 0.15) is 18.1 Å². The molecular weight excluding hydrogens is 424 g/mol. The van der Waals surface area contributed by atoms with Crippen LogP contribution >= 0.6 is 0 Å². The lowest BCUT2D eigenvalue weighted by molar-refractivity contribution is 0.308. The molecule has 0 N–H and O–H groups in total. The highest BCUT2D eigenvalue weighted by molar-refractivity contribution is 5.82. The van der Waals surface area contributed by atoms with Crippen LogP contribution in [0.15, 0.2) is 109 Å². The van der Waals surface area contributed by atoms with E-state index in [0.29, 0.717) is 12.4 Å². The van der Waals surface area contributed by atoms with E-state index in [0.717, 1.165) is 39.2 Å². The first-order chi connectivity index (χ1) is 16.9. The predicted octanol–water partition coefficient (Wildman–Crippen LogP) is 5.25. The Hall–Kier alpha value is -4.78. The summed E-state index contributed by atoms with van der Waals surface area (Å²) >= 11 is 0. The minimum Gasteiger partial charge on any atom is -0.486 e. The molecule has 0 fully saturated rings. The summed E-state index contributed by atoms with van der Waals surface area (Å²) < 4.78 is 9.83. The molecule has 34 heavy (non-hydrogen) atoms. The number of para-hydroxylation sites is 2. The van der Waals surface area contributed by atoms with Crippen LogP contribution in [-0.4, -0.2) is 30.0 Å². The second kappa shape index (κ2) is 8.63. The Kier molecular flexibility index (Phi) is 5.04. The summed E-state index contributed by atoms with van der Waals surface area (Å²) in [5.41, 5.74) is 6.30. The lowest BCUT2D eigenvalue weighted by Crippen LogP contribution is -2.04. The molecule has 0 saturated heterocycles. The lowest BCUT2D eigenvalue weighted by atomic mass is 10.1. The molecule has 2 aromatic heterocycles. The Labute approximate surface area is 195 Å². The Morgan fingerprint density at radius 1 is 0.676 bits per heavy atom. The molecule has 0 saturated carbocycles. The second-order valence-corrected chi connectivity index (χ2v) is 7.79. The van der Waals surface area contributed by atoms with Crippen LogP contribution in [0.25, 0.3) is 33.7 Å². The fourth-order valence-corrected chi connectivity index (χ4v) is 3.93. The Bertz CT molecular complexity index is 1560. The first kappa shape index (κ1) is 19.9. The zero-order valence-corrected chi connectivity index (χ0v) is 18.2. The van der Waals surface area contributed by atoms with Gasteiger partial charge in [-0.05, 0) is 30.3 Å². The average molecular weight is 444 g/mol. The second-order valence-electron chi connectivity index (χ2n) is 7.79. The molecule has 2 heterocycles. The van der Waals surface area contributed by atoms with Gasteiger partial charge < -0.3 is 4.74 Å². The molecule has 164 valence electrons. The molecule has 4 aromatic carbocycles. The van der Waals surface area contributed by atoms with Crippen LogP contribution in [0.1, 0.15) is 5.56 Å². The van der Waals surface area contributed by atoms with E-state index < -0.39 is 0 Å². The number of benzene rings is 4. The number of aromatic nitrogens is 6. The topological polar surface area (TPSA) is 70.7 Å². The van der Waals surface area contributed by atoms with Crippen LogP contribution in [0.4, 0.5) is 0 Å². The summed E-state index contributed by atoms with van der Waals surface area (Å²) in [7, 11) is 0. The molecule has 0 unspecified atom stereocenters. The average Bonchev–Trinajstić information content (AvgIpc) is 3.57. The molecule has 6 aromatic rings. The van der Waals surface area contributed by atoms with Crippen molar-refractivity contribution in [3.05, 3.63) is 115 Å². The highest BCUT2D eigenvalue weighted by Gasteiger charge is 2.13. The van der Waals surface area contributed by atoms with Crippen LogP contribution in [0.3, 0.4) is 0 Å². The van der Waals surface area contributed by atoms with Gasteiger partial charge in [-0.25, -0.2) is 9.36 Å². The van der Waals surface area contributed by atoms with Crippen molar-refractivity contribution in [3.63, 3.8) is 0 Å². The number of ether oxygens (including phenoxy) is 1. The third-order valence-electron chi connectivity index (χ3n) is 5.63. The van der Waals surface area contributed by atoms with Crippen molar-refractivity contribution in [2.24, 2.45) is 0 Å². The van der Waals surface area contributed by atoms with Crippen LogP contribution < -0.4 is 4.74 Å². The summed E-state index contributed by atoms with van der Waals surface area (Å²) in [4.78, 5) is 0. The minimum atomic E-state index is 0.355. The van der Waals surface area contributed by atoms with Crippen molar-refractivity contribution in [3.8, 4) is 28.4 Å². The van der Waals surface area contributed by atoms with Crippen LogP contribution in [-0.2, 0) is 6.61 Å². The molecule has 6 rings (SSSR count). The monoisotopic (exact) mass is 444 g/mol. The van der Waals surface area contributed by atoms with Crippen LogP contribution in [0.2, 0.25) is 0 Å². The van der Waals surface area contributed by atoms with Gasteiger partial charge in [-0.3, -0.25) is 0 Å². The van der Waals surface area contributed by atoms with E-state index in [9.17, 15) is 0 Å². The Morgan fingerprint density at radius 2 is 1.44 bits per heavy atom. The predicted molar refractivity (Wildman–Crippen MR) is 130 cm³/mol. The SMILES string of the molecule is c1ccc(-c2cn(-c3ccccc3COc3cccc4c3nnn4-c3ccccc3)nn2)cc1. The molecule has 0 atom stereocenters. The maximum atomic E-state index is 6.23. The maximum Gasteiger partial charge on any atom is 0.155 e. The van der Waals surface area contributed by atoms with Crippen molar-refractivity contribution in [1.82, 2.24) is 30.0 Å². The molecule has 0 aliphatic heterocycles. The van der Waals surface area contributed by atoms with E-state index in [1.54, 1.807) is 4.68 Å². The van der Waals surface area contributed by atoms with Gasteiger partial charge in [0, 0.05) is 11.1 Å². The number of hydrogen-bond donors (Lipinski definition) is 0. The molecule has 0 aliphatic carbocycles. The fourth-order valence-electron chi connectivity index (χ4n) is 3.93. The number of rotatable bonds is 6. The van der Waals surface area contributed by atoms with Crippen molar-refractivity contribution in [1.29, 1.82) is 0 Å². The van der Waals surface area contributed by atoms with Gasteiger partial charge in [0.25, 0.3) is 0 Å². The van der Waals surface area contributed by atoms with Crippen molar-refractivity contribution in [2.45, 2.75) is 6.61 Å². The number of nitrogens with zero attached hydrogens (tertiary/aromatic N) is 6. The highest BCUT2D eigenvalue weighted by Crippen LogP contribution is 2.27. The smallest absolute Gasteiger partial charge is 0.155 e. The molecule has 0 bridgehead atoms. The summed E-state index contributed by atoms with van der Waals surface area (Å²) in [5.74, 6) is 0.679. The zero-order chi connectivity index (χ0) is 22.7. The van der Waals surface area contributed by atoms with Gasteiger partial charge in [-0.1, -0.05) is 83.2 Å². The Morgan fingerprint density at radius 3 is 2.29 bits per heavy atom. The van der Waals surface area contributed by atoms with E-state index >= 15 is 0 Å². The lowest BCUT2D eigenvalue weighted by Gasteiger charge is -2.11. The largest absolute Gasteiger partial charge is 0.486 e. The van der Waals surface area contributed by atoms with Crippen molar-refractivity contribution < 1.29 is 4.74 Å². The van der Waals surface area contributed by atoms with E-state index in [1.165, 1.54) is 0 Å². The van der Waals surface area contributed by atoms with Gasteiger partial charge in [-0.2, -0.15) is 0 Å². The quantitative estimate of drug-likeness (QED) is 0.351. The molecule has 0 amide bonds. The zero-order valence-electron chi connectivity index (χ0n) is 18.2. The number of hydrogen-bond acceptors (Lipinski definition) is 5. The highest BCUT2D eigenvalue weighted by atomic mass is 16.5. The number of fused-ring (bicyclic) bond motifs is 1. The first-order valence-electron chi connectivity index (χ1n) is 11.0. The van der Waals surface area contributed by atoms with Gasteiger partial charge in [0.15, 0.2) is 5.52 Å². The van der Waals surface area contributed by atoms with Crippen molar-refractivity contribution in [2.75, 3.05) is 0 Å². The normalized spacial score (nSPS) is 11.1. The van der Waals surface area contributed by atoms with Crippen molar-refractivity contribution >= 4 is 11.0 Å². The van der Waals surface area contributed by atoms with Gasteiger partial charge >= 0.3 is 0 Å². The molecule has 0 spiro atoms. The molecule has 7 nitrogen and oxygen atoms in total. The standard InChI is InChI=1S/C27H20N6O/c1-3-10-20(11-4-1)23-18-32(30-28-23)24-15-8-7-12-21(24)19-34-26-17-9-16-25-27(26)29-31-33(25)22-13-5-2-6-14-22/h1-18H,19H2. The van der Waals surface area contributed by atoms with Gasteiger partial charge in [0.05, 0.1) is 23.1 Å². The van der Waals surface area contributed by atoms with Gasteiger partial charge in [-0.15, -0.1) is 10.2 Å².